The molecule has 0 bridgehead atoms. The molecule has 2 aromatic carbocycles. The van der Waals surface area contributed by atoms with E-state index in [0.717, 1.165) is 30.9 Å². The van der Waals surface area contributed by atoms with E-state index in [1.54, 1.807) is 0 Å². The van der Waals surface area contributed by atoms with Gasteiger partial charge in [-0.2, -0.15) is 4.31 Å². The third-order valence-electron chi connectivity index (χ3n) is 4.44. The van der Waals surface area contributed by atoms with Crippen LogP contribution in [0.3, 0.4) is 0 Å². The van der Waals surface area contributed by atoms with Gasteiger partial charge < -0.3 is 5.32 Å². The molecule has 0 amide bonds. The third-order valence-corrected chi connectivity index (χ3v) is 6.34. The van der Waals surface area contributed by atoms with E-state index in [9.17, 15) is 18.5 Å². The van der Waals surface area contributed by atoms with Gasteiger partial charge in [-0.25, -0.2) is 8.42 Å². The Hall–Kier alpha value is -2.45. The molecule has 1 heterocycles. The molecule has 26 heavy (non-hydrogen) atoms. The number of nitro groups is 1. The fourth-order valence-corrected chi connectivity index (χ4v) is 4.56. The second-order valence-corrected chi connectivity index (χ2v) is 8.18. The maximum atomic E-state index is 12.7. The van der Waals surface area contributed by atoms with Crippen LogP contribution in [-0.4, -0.2) is 30.7 Å². The minimum Gasteiger partial charge on any atom is -0.375 e. The van der Waals surface area contributed by atoms with Crippen molar-refractivity contribution in [2.24, 2.45) is 0 Å². The molecule has 0 aliphatic carbocycles. The first-order valence-electron chi connectivity index (χ1n) is 8.55. The molecule has 8 heteroatoms. The van der Waals surface area contributed by atoms with Gasteiger partial charge in [0.25, 0.3) is 5.69 Å². The summed E-state index contributed by atoms with van der Waals surface area (Å²) in [4.78, 5) is 10.9. The normalized spacial score (nSPS) is 15.5. The largest absolute Gasteiger partial charge is 0.375 e. The van der Waals surface area contributed by atoms with Crippen LogP contribution in [0.2, 0.25) is 0 Å². The van der Waals surface area contributed by atoms with Crippen LogP contribution < -0.4 is 5.32 Å². The number of sulfonamides is 1. The highest BCUT2D eigenvalue weighted by Crippen LogP contribution is 2.30. The van der Waals surface area contributed by atoms with E-state index < -0.39 is 14.9 Å². The van der Waals surface area contributed by atoms with E-state index in [-0.39, 0.29) is 10.6 Å². The van der Waals surface area contributed by atoms with E-state index in [1.807, 2.05) is 30.3 Å². The Balaban J connectivity index is 1.85. The molecular formula is C18H21N3O4S. The van der Waals surface area contributed by atoms with E-state index >= 15 is 0 Å². The molecule has 1 saturated heterocycles. The zero-order chi connectivity index (χ0) is 18.6. The van der Waals surface area contributed by atoms with Crippen molar-refractivity contribution in [1.29, 1.82) is 0 Å². The topological polar surface area (TPSA) is 92.5 Å². The quantitative estimate of drug-likeness (QED) is 0.617. The summed E-state index contributed by atoms with van der Waals surface area (Å²) in [6.07, 6.45) is 2.64. The number of anilines is 1. The molecule has 138 valence electrons. The summed E-state index contributed by atoms with van der Waals surface area (Å²) in [6.45, 7) is 1.34. The van der Waals surface area contributed by atoms with Gasteiger partial charge in [-0.05, 0) is 30.5 Å². The molecule has 0 radical (unpaired) electrons. The van der Waals surface area contributed by atoms with Gasteiger partial charge in [0.1, 0.15) is 5.69 Å². The molecule has 1 fully saturated rings. The van der Waals surface area contributed by atoms with Crippen LogP contribution in [0.1, 0.15) is 24.8 Å². The highest BCUT2D eigenvalue weighted by Gasteiger charge is 2.28. The van der Waals surface area contributed by atoms with Crippen LogP contribution in [0.15, 0.2) is 53.4 Å². The second-order valence-electron chi connectivity index (χ2n) is 6.24. The van der Waals surface area contributed by atoms with Crippen LogP contribution >= 0.6 is 0 Å². The number of hydrogen-bond donors (Lipinski definition) is 1. The third kappa shape index (κ3) is 4.03. The van der Waals surface area contributed by atoms with Gasteiger partial charge >= 0.3 is 0 Å². The van der Waals surface area contributed by atoms with E-state index in [1.165, 1.54) is 16.4 Å². The van der Waals surface area contributed by atoms with Gasteiger partial charge in [-0.1, -0.05) is 36.8 Å². The molecule has 0 saturated carbocycles. The van der Waals surface area contributed by atoms with Crippen LogP contribution in [0.25, 0.3) is 0 Å². The molecule has 0 unspecified atom stereocenters. The fourth-order valence-electron chi connectivity index (χ4n) is 3.02. The molecule has 1 N–H and O–H groups in total. The van der Waals surface area contributed by atoms with Crippen LogP contribution in [0.5, 0.6) is 0 Å². The van der Waals surface area contributed by atoms with Crippen molar-refractivity contribution in [1.82, 2.24) is 4.31 Å². The van der Waals surface area contributed by atoms with Crippen molar-refractivity contribution >= 4 is 21.4 Å². The highest BCUT2D eigenvalue weighted by molar-refractivity contribution is 7.89. The second kappa shape index (κ2) is 7.84. The molecule has 1 aliphatic rings. The summed E-state index contributed by atoms with van der Waals surface area (Å²) in [5.41, 5.74) is 1.04. The Bertz CT molecular complexity index is 879. The summed E-state index contributed by atoms with van der Waals surface area (Å²) in [6, 6.07) is 13.5. The minimum absolute atomic E-state index is 0.0311. The highest BCUT2D eigenvalue weighted by atomic mass is 32.2. The lowest BCUT2D eigenvalue weighted by Gasteiger charge is -2.25. The average molecular weight is 375 g/mol. The first-order chi connectivity index (χ1) is 12.5. The molecule has 2 aromatic rings. The number of nitro benzene ring substituents is 1. The van der Waals surface area contributed by atoms with Crippen molar-refractivity contribution in [3.63, 3.8) is 0 Å². The molecule has 7 nitrogen and oxygen atoms in total. The number of nitrogens with one attached hydrogen (secondary N) is 1. The fraction of sp³-hybridized carbons (Fsp3) is 0.333. The molecule has 0 spiro atoms. The molecule has 0 aromatic heterocycles. The number of rotatable bonds is 6. The summed E-state index contributed by atoms with van der Waals surface area (Å²) in [5.74, 6) is 0. The summed E-state index contributed by atoms with van der Waals surface area (Å²) >= 11 is 0. The van der Waals surface area contributed by atoms with Crippen molar-refractivity contribution in [2.45, 2.75) is 30.7 Å². The predicted molar refractivity (Wildman–Crippen MR) is 99.5 cm³/mol. The Labute approximate surface area is 152 Å². The molecular weight excluding hydrogens is 354 g/mol. The van der Waals surface area contributed by atoms with Crippen LogP contribution in [0.4, 0.5) is 11.4 Å². The predicted octanol–water partition coefficient (Wildman–Crippen LogP) is 3.38. The van der Waals surface area contributed by atoms with Gasteiger partial charge in [0.2, 0.25) is 10.0 Å². The monoisotopic (exact) mass is 375 g/mol. The van der Waals surface area contributed by atoms with Crippen molar-refractivity contribution in [3.8, 4) is 0 Å². The van der Waals surface area contributed by atoms with Gasteiger partial charge in [0, 0.05) is 25.7 Å². The van der Waals surface area contributed by atoms with E-state index in [4.69, 9.17) is 0 Å². The minimum atomic E-state index is -3.70. The summed E-state index contributed by atoms with van der Waals surface area (Å²) in [7, 11) is -3.70. The zero-order valence-electron chi connectivity index (χ0n) is 14.3. The summed E-state index contributed by atoms with van der Waals surface area (Å²) in [5, 5.41) is 14.5. The van der Waals surface area contributed by atoms with Crippen molar-refractivity contribution in [3.05, 3.63) is 64.2 Å². The van der Waals surface area contributed by atoms with Crippen molar-refractivity contribution < 1.29 is 13.3 Å². The number of hydrogen-bond acceptors (Lipinski definition) is 5. The van der Waals surface area contributed by atoms with Crippen molar-refractivity contribution in [2.75, 3.05) is 18.4 Å². The first kappa shape index (κ1) is 18.3. The SMILES string of the molecule is O=[N+]([O-])c1cc(S(=O)(=O)N2CCCCC2)ccc1NCc1ccccc1. The smallest absolute Gasteiger partial charge is 0.293 e. The Morgan fingerprint density at radius 3 is 2.38 bits per heavy atom. The van der Waals surface area contributed by atoms with E-state index in [2.05, 4.69) is 5.32 Å². The lowest BCUT2D eigenvalue weighted by Crippen LogP contribution is -2.35. The Morgan fingerprint density at radius 2 is 1.73 bits per heavy atom. The lowest BCUT2D eigenvalue weighted by atomic mass is 10.2. The molecule has 1 aliphatic heterocycles. The standard InChI is InChI=1S/C18H21N3O4S/c22-21(23)18-13-16(26(24,25)20-11-5-2-6-12-20)9-10-17(18)19-14-15-7-3-1-4-8-15/h1,3-4,7-10,13,19H,2,5-6,11-12,14H2. The maximum absolute atomic E-state index is 12.7. The van der Waals surface area contributed by atoms with Crippen LogP contribution in [-0.2, 0) is 16.6 Å². The lowest BCUT2D eigenvalue weighted by molar-refractivity contribution is -0.384. The molecule has 3 rings (SSSR count). The number of benzene rings is 2. The van der Waals surface area contributed by atoms with Gasteiger partial charge in [0.05, 0.1) is 9.82 Å². The Kier molecular flexibility index (Phi) is 5.53. The molecule has 0 atom stereocenters. The summed E-state index contributed by atoms with van der Waals surface area (Å²) < 4.78 is 26.9. The maximum Gasteiger partial charge on any atom is 0.293 e. The zero-order valence-corrected chi connectivity index (χ0v) is 15.1. The van der Waals surface area contributed by atoms with Crippen LogP contribution in [0, 0.1) is 10.1 Å². The number of nitrogens with zero attached hydrogens (tertiary/aromatic N) is 2. The Morgan fingerprint density at radius 1 is 1.04 bits per heavy atom. The average Bonchev–Trinajstić information content (AvgIpc) is 2.67. The van der Waals surface area contributed by atoms with Gasteiger partial charge in [-0.3, -0.25) is 10.1 Å². The first-order valence-corrected chi connectivity index (χ1v) is 9.99. The van der Waals surface area contributed by atoms with Gasteiger partial charge in [-0.15, -0.1) is 0 Å². The number of piperidine rings is 1. The van der Waals surface area contributed by atoms with Gasteiger partial charge in [0.15, 0.2) is 0 Å². The van der Waals surface area contributed by atoms with E-state index in [0.29, 0.717) is 25.3 Å².